The van der Waals surface area contributed by atoms with Crippen LogP contribution < -0.4 is 11.1 Å². The maximum atomic E-state index is 12.2. The molecule has 0 aromatic carbocycles. The van der Waals surface area contributed by atoms with E-state index >= 15 is 0 Å². The molecule has 104 valence electrons. The first-order chi connectivity index (χ1) is 9.49. The van der Waals surface area contributed by atoms with E-state index in [4.69, 9.17) is 17.3 Å². The minimum absolute atomic E-state index is 0.0978. The summed E-state index contributed by atoms with van der Waals surface area (Å²) < 4.78 is 0. The third kappa shape index (κ3) is 3.03. The van der Waals surface area contributed by atoms with Crippen LogP contribution in [0, 0.1) is 0 Å². The van der Waals surface area contributed by atoms with Crippen molar-refractivity contribution in [3.8, 4) is 0 Å². The lowest BCUT2D eigenvalue weighted by molar-refractivity contribution is 0.102. The van der Waals surface area contributed by atoms with Crippen LogP contribution in [0.25, 0.3) is 0 Å². The third-order valence-corrected chi connectivity index (χ3v) is 2.86. The van der Waals surface area contributed by atoms with E-state index in [0.717, 1.165) is 0 Å². The molecular formula is C13H14ClN5O. The molecule has 1 amide bonds. The molecule has 0 aliphatic heterocycles. The van der Waals surface area contributed by atoms with Crippen molar-refractivity contribution in [1.82, 2.24) is 15.0 Å². The fraction of sp³-hybridized carbons (Fsp3) is 0.231. The van der Waals surface area contributed by atoms with Gasteiger partial charge in [-0.05, 0) is 12.1 Å². The van der Waals surface area contributed by atoms with Gasteiger partial charge in [0.25, 0.3) is 5.91 Å². The number of nitrogens with zero attached hydrogens (tertiary/aromatic N) is 3. The summed E-state index contributed by atoms with van der Waals surface area (Å²) in [6.45, 7) is 3.87. The minimum Gasteiger partial charge on any atom is -0.396 e. The van der Waals surface area contributed by atoms with E-state index in [9.17, 15) is 4.79 Å². The first-order valence-electron chi connectivity index (χ1n) is 6.03. The van der Waals surface area contributed by atoms with Gasteiger partial charge in [-0.3, -0.25) is 4.79 Å². The van der Waals surface area contributed by atoms with E-state index in [2.05, 4.69) is 20.3 Å². The summed E-state index contributed by atoms with van der Waals surface area (Å²) in [7, 11) is 0. The van der Waals surface area contributed by atoms with Crippen molar-refractivity contribution in [2.45, 2.75) is 19.8 Å². The largest absolute Gasteiger partial charge is 0.396 e. The summed E-state index contributed by atoms with van der Waals surface area (Å²) in [6.07, 6.45) is 2.96. The molecule has 2 heterocycles. The molecule has 2 aromatic heterocycles. The van der Waals surface area contributed by atoms with Crippen molar-refractivity contribution in [2.24, 2.45) is 0 Å². The minimum atomic E-state index is -0.465. The van der Waals surface area contributed by atoms with E-state index in [0.29, 0.717) is 10.8 Å². The van der Waals surface area contributed by atoms with Crippen molar-refractivity contribution in [1.29, 1.82) is 0 Å². The molecule has 3 N–H and O–H groups in total. The molecule has 7 heteroatoms. The fourth-order valence-electron chi connectivity index (χ4n) is 1.51. The molecule has 0 aliphatic rings. The number of carbonyl (C=O) groups is 1. The second-order valence-electron chi connectivity index (χ2n) is 4.47. The third-order valence-electron chi connectivity index (χ3n) is 2.56. The number of anilines is 2. The second-order valence-corrected chi connectivity index (χ2v) is 4.88. The second kappa shape index (κ2) is 5.83. The molecule has 0 atom stereocenters. The number of nitrogens with one attached hydrogen (secondary N) is 1. The normalized spacial score (nSPS) is 10.6. The standard InChI is InChI=1S/C13H14ClN5O/c1-7(2)11-17-6-9(15)10(18-11)13(20)19-12-8(14)4-3-5-16-12/h3-7H,15H2,1-2H3,(H,16,19,20). The molecule has 0 spiro atoms. The summed E-state index contributed by atoms with van der Waals surface area (Å²) in [5.74, 6) is 0.452. The van der Waals surface area contributed by atoms with Gasteiger partial charge in [0.05, 0.1) is 16.9 Å². The Balaban J connectivity index is 2.30. The van der Waals surface area contributed by atoms with Crippen molar-refractivity contribution >= 4 is 29.0 Å². The van der Waals surface area contributed by atoms with Crippen LogP contribution in [0.3, 0.4) is 0 Å². The Labute approximate surface area is 121 Å². The van der Waals surface area contributed by atoms with Crippen LogP contribution in [-0.2, 0) is 0 Å². The van der Waals surface area contributed by atoms with Crippen LogP contribution in [0.5, 0.6) is 0 Å². The number of amides is 1. The Hall–Kier alpha value is -2.21. The summed E-state index contributed by atoms with van der Waals surface area (Å²) in [6, 6.07) is 3.31. The van der Waals surface area contributed by atoms with Gasteiger partial charge < -0.3 is 11.1 Å². The number of rotatable bonds is 3. The predicted octanol–water partition coefficient (Wildman–Crippen LogP) is 2.48. The number of carbonyl (C=O) groups excluding carboxylic acids is 1. The van der Waals surface area contributed by atoms with Crippen molar-refractivity contribution in [3.05, 3.63) is 41.1 Å². The summed E-state index contributed by atoms with van der Waals surface area (Å²) in [5, 5.41) is 2.93. The lowest BCUT2D eigenvalue weighted by Gasteiger charge is -2.09. The van der Waals surface area contributed by atoms with Crippen LogP contribution >= 0.6 is 11.6 Å². The number of halogens is 1. The SMILES string of the molecule is CC(C)c1ncc(N)c(C(=O)Nc2ncccc2Cl)n1. The Morgan fingerprint density at radius 3 is 2.80 bits per heavy atom. The van der Waals surface area contributed by atoms with Crippen molar-refractivity contribution in [2.75, 3.05) is 11.1 Å². The maximum absolute atomic E-state index is 12.2. The molecule has 2 aromatic rings. The van der Waals surface area contributed by atoms with Gasteiger partial charge in [-0.15, -0.1) is 0 Å². The van der Waals surface area contributed by atoms with Crippen LogP contribution in [-0.4, -0.2) is 20.9 Å². The van der Waals surface area contributed by atoms with E-state index in [1.165, 1.54) is 12.4 Å². The van der Waals surface area contributed by atoms with Crippen LogP contribution in [0.15, 0.2) is 24.5 Å². The number of hydrogen-bond acceptors (Lipinski definition) is 5. The zero-order valence-electron chi connectivity index (χ0n) is 11.1. The van der Waals surface area contributed by atoms with Gasteiger partial charge in [0.1, 0.15) is 5.82 Å². The highest BCUT2D eigenvalue weighted by Crippen LogP contribution is 2.19. The zero-order valence-corrected chi connectivity index (χ0v) is 11.8. The van der Waals surface area contributed by atoms with E-state index in [-0.39, 0.29) is 23.1 Å². The zero-order chi connectivity index (χ0) is 14.7. The maximum Gasteiger partial charge on any atom is 0.277 e. The van der Waals surface area contributed by atoms with Gasteiger partial charge in [-0.2, -0.15) is 0 Å². The van der Waals surface area contributed by atoms with Crippen molar-refractivity contribution in [3.63, 3.8) is 0 Å². The lowest BCUT2D eigenvalue weighted by Crippen LogP contribution is -2.18. The quantitative estimate of drug-likeness (QED) is 0.906. The predicted molar refractivity (Wildman–Crippen MR) is 77.7 cm³/mol. The Bertz CT molecular complexity index is 644. The molecule has 0 aliphatic carbocycles. The van der Waals surface area contributed by atoms with Gasteiger partial charge in [-0.1, -0.05) is 25.4 Å². The lowest BCUT2D eigenvalue weighted by atomic mass is 10.2. The summed E-state index contributed by atoms with van der Waals surface area (Å²) >= 11 is 5.94. The smallest absolute Gasteiger partial charge is 0.277 e. The number of hydrogen-bond donors (Lipinski definition) is 2. The van der Waals surface area contributed by atoms with E-state index in [1.807, 2.05) is 13.8 Å². The first kappa shape index (κ1) is 14.2. The Kier molecular flexibility index (Phi) is 4.14. The molecule has 6 nitrogen and oxygen atoms in total. The molecule has 20 heavy (non-hydrogen) atoms. The first-order valence-corrected chi connectivity index (χ1v) is 6.41. The Morgan fingerprint density at radius 1 is 1.40 bits per heavy atom. The van der Waals surface area contributed by atoms with Gasteiger partial charge in [0, 0.05) is 12.1 Å². The Morgan fingerprint density at radius 2 is 2.15 bits per heavy atom. The molecule has 0 fully saturated rings. The highest BCUT2D eigenvalue weighted by molar-refractivity contribution is 6.33. The van der Waals surface area contributed by atoms with Crippen LogP contribution in [0.4, 0.5) is 11.5 Å². The van der Waals surface area contributed by atoms with Gasteiger partial charge in [-0.25, -0.2) is 15.0 Å². The number of aromatic nitrogens is 3. The van der Waals surface area contributed by atoms with E-state index < -0.39 is 5.91 Å². The molecule has 0 radical (unpaired) electrons. The van der Waals surface area contributed by atoms with E-state index in [1.54, 1.807) is 12.1 Å². The van der Waals surface area contributed by atoms with Crippen LogP contribution in [0.2, 0.25) is 5.02 Å². The molecule has 0 saturated carbocycles. The van der Waals surface area contributed by atoms with Gasteiger partial charge in [0.2, 0.25) is 0 Å². The number of nitrogen functional groups attached to an aromatic ring is 1. The molecule has 0 unspecified atom stereocenters. The van der Waals surface area contributed by atoms with Crippen molar-refractivity contribution < 1.29 is 4.79 Å². The highest BCUT2D eigenvalue weighted by atomic mass is 35.5. The molecule has 0 bridgehead atoms. The fourth-order valence-corrected chi connectivity index (χ4v) is 1.68. The number of pyridine rings is 1. The monoisotopic (exact) mass is 291 g/mol. The topological polar surface area (TPSA) is 93.8 Å². The highest BCUT2D eigenvalue weighted by Gasteiger charge is 2.16. The molecule has 2 rings (SSSR count). The van der Waals surface area contributed by atoms with Gasteiger partial charge in [0.15, 0.2) is 11.5 Å². The van der Waals surface area contributed by atoms with Gasteiger partial charge >= 0.3 is 0 Å². The average Bonchev–Trinajstić information content (AvgIpc) is 2.41. The summed E-state index contributed by atoms with van der Waals surface area (Å²) in [5.41, 5.74) is 6.07. The summed E-state index contributed by atoms with van der Waals surface area (Å²) in [4.78, 5) is 24.4. The molecule has 0 saturated heterocycles. The average molecular weight is 292 g/mol. The van der Waals surface area contributed by atoms with Crippen LogP contribution in [0.1, 0.15) is 36.1 Å². The number of nitrogens with two attached hydrogens (primary N) is 1. The molecular weight excluding hydrogens is 278 g/mol.